The van der Waals surface area contributed by atoms with Gasteiger partial charge >= 0.3 is 0 Å². The van der Waals surface area contributed by atoms with E-state index in [2.05, 4.69) is 15.3 Å². The zero-order chi connectivity index (χ0) is 17.4. The van der Waals surface area contributed by atoms with E-state index >= 15 is 0 Å². The number of hydrogen-bond acceptors (Lipinski definition) is 5. The van der Waals surface area contributed by atoms with Crippen LogP contribution in [0.15, 0.2) is 53.4 Å². The average Bonchev–Trinajstić information content (AvgIpc) is 3.20. The normalized spacial score (nSPS) is 11.0. The number of nitrogens with zero attached hydrogens (tertiary/aromatic N) is 3. The number of aromatic nitrogens is 3. The van der Waals surface area contributed by atoms with Crippen molar-refractivity contribution in [2.45, 2.75) is 6.92 Å². The van der Waals surface area contributed by atoms with E-state index in [-0.39, 0.29) is 0 Å². The molecular formula is C18H15ClN4O2. The molecule has 4 aromatic heterocycles. The molecule has 7 heteroatoms. The molecule has 1 N–H and O–H groups in total. The molecule has 0 unspecified atom stereocenters. The molecule has 126 valence electrons. The summed E-state index contributed by atoms with van der Waals surface area (Å²) in [7, 11) is 1.60. The molecule has 0 amide bonds. The van der Waals surface area contributed by atoms with Crippen LogP contribution in [0, 0.1) is 6.92 Å². The molecule has 0 aromatic carbocycles. The first-order valence-electron chi connectivity index (χ1n) is 7.65. The van der Waals surface area contributed by atoms with Crippen LogP contribution < -0.4 is 10.1 Å². The van der Waals surface area contributed by atoms with Crippen molar-refractivity contribution >= 4 is 29.0 Å². The van der Waals surface area contributed by atoms with E-state index in [0.717, 1.165) is 22.6 Å². The van der Waals surface area contributed by atoms with E-state index in [4.69, 9.17) is 20.8 Å². The maximum absolute atomic E-state index is 6.23. The summed E-state index contributed by atoms with van der Waals surface area (Å²) in [4.78, 5) is 8.81. The molecule has 4 aromatic rings. The number of rotatable bonds is 4. The second kappa shape index (κ2) is 6.14. The molecule has 0 aliphatic heterocycles. The first-order valence-corrected chi connectivity index (χ1v) is 8.02. The minimum absolute atomic E-state index is 0.587. The Morgan fingerprint density at radius 1 is 1.28 bits per heavy atom. The number of methoxy groups -OCH3 is 1. The molecular weight excluding hydrogens is 340 g/mol. The van der Waals surface area contributed by atoms with Crippen LogP contribution in [0.1, 0.15) is 5.69 Å². The third kappa shape index (κ3) is 2.81. The van der Waals surface area contributed by atoms with Gasteiger partial charge in [0.05, 0.1) is 29.7 Å². The SMILES string of the molecule is COc1ccc(Nc2cc(-c3c(C)nc4c(Cl)cccn34)co2)nc1. The number of hydrogen-bond donors (Lipinski definition) is 1. The highest BCUT2D eigenvalue weighted by Crippen LogP contribution is 2.31. The van der Waals surface area contributed by atoms with Crippen molar-refractivity contribution < 1.29 is 9.15 Å². The lowest BCUT2D eigenvalue weighted by atomic mass is 10.2. The Labute approximate surface area is 149 Å². The molecule has 0 bridgehead atoms. The van der Waals surface area contributed by atoms with Crippen LogP contribution in [-0.2, 0) is 0 Å². The highest BCUT2D eigenvalue weighted by Gasteiger charge is 2.15. The van der Waals surface area contributed by atoms with Gasteiger partial charge in [0.15, 0.2) is 11.5 Å². The highest BCUT2D eigenvalue weighted by molar-refractivity contribution is 6.33. The van der Waals surface area contributed by atoms with Crippen LogP contribution in [0.2, 0.25) is 5.02 Å². The van der Waals surface area contributed by atoms with Gasteiger partial charge in [0.25, 0.3) is 0 Å². The van der Waals surface area contributed by atoms with E-state index in [9.17, 15) is 0 Å². The lowest BCUT2D eigenvalue weighted by Crippen LogP contribution is -1.92. The Morgan fingerprint density at radius 3 is 2.92 bits per heavy atom. The number of anilines is 2. The van der Waals surface area contributed by atoms with Crippen LogP contribution in [-0.4, -0.2) is 21.5 Å². The first kappa shape index (κ1) is 15.5. The number of fused-ring (bicyclic) bond motifs is 1. The average molecular weight is 355 g/mol. The van der Waals surface area contributed by atoms with Crippen molar-refractivity contribution in [3.8, 4) is 17.0 Å². The van der Waals surface area contributed by atoms with E-state index in [1.807, 2.05) is 47.9 Å². The Balaban J connectivity index is 1.67. The minimum atomic E-state index is 0.587. The van der Waals surface area contributed by atoms with Gasteiger partial charge in [0, 0.05) is 17.8 Å². The van der Waals surface area contributed by atoms with Crippen molar-refractivity contribution in [1.29, 1.82) is 0 Å². The number of halogens is 1. The number of aryl methyl sites for hydroxylation is 1. The molecule has 0 atom stereocenters. The molecule has 4 rings (SSSR count). The topological polar surface area (TPSA) is 64.6 Å². The van der Waals surface area contributed by atoms with E-state index in [1.165, 1.54) is 0 Å². The smallest absolute Gasteiger partial charge is 0.198 e. The summed E-state index contributed by atoms with van der Waals surface area (Å²) < 4.78 is 12.7. The maximum atomic E-state index is 6.23. The number of pyridine rings is 2. The summed E-state index contributed by atoms with van der Waals surface area (Å²) in [5.41, 5.74) is 3.45. The van der Waals surface area contributed by atoms with Gasteiger partial charge < -0.3 is 14.5 Å². The predicted molar refractivity (Wildman–Crippen MR) is 96.7 cm³/mol. The van der Waals surface area contributed by atoms with Crippen molar-refractivity contribution in [3.05, 3.63) is 59.7 Å². The van der Waals surface area contributed by atoms with E-state index in [1.54, 1.807) is 19.6 Å². The monoisotopic (exact) mass is 354 g/mol. The second-order valence-electron chi connectivity index (χ2n) is 5.50. The second-order valence-corrected chi connectivity index (χ2v) is 5.91. The standard InChI is InChI=1S/C18H15ClN4O2/c1-11-17(23-7-3-4-14(19)18(23)21-11)12-8-16(25-10-12)22-15-6-5-13(24-2)9-20-15/h3-10H,1-2H3,(H,20,22). The van der Waals surface area contributed by atoms with Crippen molar-refractivity contribution in [1.82, 2.24) is 14.4 Å². The van der Waals surface area contributed by atoms with Gasteiger partial charge in [-0.05, 0) is 31.2 Å². The van der Waals surface area contributed by atoms with Gasteiger partial charge in [-0.3, -0.25) is 4.40 Å². The van der Waals surface area contributed by atoms with Gasteiger partial charge in [-0.25, -0.2) is 9.97 Å². The van der Waals surface area contributed by atoms with Crippen LogP contribution in [0.3, 0.4) is 0 Å². The van der Waals surface area contributed by atoms with Gasteiger partial charge in [-0.15, -0.1) is 0 Å². The first-order chi connectivity index (χ1) is 12.2. The predicted octanol–water partition coefficient (Wildman–Crippen LogP) is 4.70. The maximum Gasteiger partial charge on any atom is 0.198 e. The van der Waals surface area contributed by atoms with Crippen LogP contribution in [0.25, 0.3) is 16.9 Å². The summed E-state index contributed by atoms with van der Waals surface area (Å²) >= 11 is 6.23. The van der Waals surface area contributed by atoms with Crippen LogP contribution in [0.4, 0.5) is 11.7 Å². The Morgan fingerprint density at radius 2 is 2.16 bits per heavy atom. The number of nitrogens with one attached hydrogen (secondary N) is 1. The summed E-state index contributed by atoms with van der Waals surface area (Å²) in [6.07, 6.45) is 5.26. The molecule has 6 nitrogen and oxygen atoms in total. The van der Waals surface area contributed by atoms with E-state index < -0.39 is 0 Å². The molecule has 0 fully saturated rings. The molecule has 0 saturated carbocycles. The Hall–Kier alpha value is -2.99. The Kier molecular flexibility index (Phi) is 3.82. The van der Waals surface area contributed by atoms with Crippen LogP contribution in [0.5, 0.6) is 5.75 Å². The molecule has 0 radical (unpaired) electrons. The third-order valence-electron chi connectivity index (χ3n) is 3.87. The zero-order valence-corrected chi connectivity index (χ0v) is 14.4. The van der Waals surface area contributed by atoms with Gasteiger partial charge in [0.2, 0.25) is 0 Å². The molecule has 25 heavy (non-hydrogen) atoms. The van der Waals surface area contributed by atoms with Crippen molar-refractivity contribution in [3.63, 3.8) is 0 Å². The van der Waals surface area contributed by atoms with E-state index in [0.29, 0.717) is 22.5 Å². The molecule has 0 aliphatic rings. The third-order valence-corrected chi connectivity index (χ3v) is 4.17. The van der Waals surface area contributed by atoms with Crippen molar-refractivity contribution in [2.75, 3.05) is 12.4 Å². The number of ether oxygens (including phenoxy) is 1. The fourth-order valence-corrected chi connectivity index (χ4v) is 2.93. The molecule has 0 saturated heterocycles. The fraction of sp³-hybridized carbons (Fsp3) is 0.111. The molecule has 0 aliphatic carbocycles. The number of imidazole rings is 1. The quantitative estimate of drug-likeness (QED) is 0.575. The zero-order valence-electron chi connectivity index (χ0n) is 13.7. The highest BCUT2D eigenvalue weighted by atomic mass is 35.5. The number of furan rings is 1. The minimum Gasteiger partial charge on any atom is -0.495 e. The summed E-state index contributed by atoms with van der Waals surface area (Å²) in [6.45, 7) is 1.95. The largest absolute Gasteiger partial charge is 0.495 e. The lowest BCUT2D eigenvalue weighted by molar-refractivity contribution is 0.413. The van der Waals surface area contributed by atoms with Crippen LogP contribution >= 0.6 is 11.6 Å². The molecule has 0 spiro atoms. The Bertz CT molecular complexity index is 1040. The van der Waals surface area contributed by atoms with Gasteiger partial charge in [-0.1, -0.05) is 11.6 Å². The summed E-state index contributed by atoms with van der Waals surface area (Å²) in [5, 5.41) is 3.74. The summed E-state index contributed by atoms with van der Waals surface area (Å²) in [6, 6.07) is 9.27. The van der Waals surface area contributed by atoms with Gasteiger partial charge in [-0.2, -0.15) is 0 Å². The fourth-order valence-electron chi connectivity index (χ4n) is 2.72. The summed E-state index contributed by atoms with van der Waals surface area (Å²) in [5.74, 6) is 1.95. The van der Waals surface area contributed by atoms with Crippen molar-refractivity contribution in [2.24, 2.45) is 0 Å². The lowest BCUT2D eigenvalue weighted by Gasteiger charge is -2.03. The molecule has 4 heterocycles. The van der Waals surface area contributed by atoms with Gasteiger partial charge in [0.1, 0.15) is 17.8 Å².